The van der Waals surface area contributed by atoms with Crippen LogP contribution in [-0.2, 0) is 0 Å². The first-order valence-electron chi connectivity index (χ1n) is 2.23. The molecule has 0 aromatic heterocycles. The first-order chi connectivity index (χ1) is 4.00. The van der Waals surface area contributed by atoms with E-state index in [9.17, 15) is 0 Å². The van der Waals surface area contributed by atoms with Crippen LogP contribution in [0.5, 0.6) is 0 Å². The monoisotopic (exact) mass is 150 g/mol. The Morgan fingerprint density at radius 3 is 1.89 bits per heavy atom. The molecule has 9 heavy (non-hydrogen) atoms. The van der Waals surface area contributed by atoms with Crippen LogP contribution >= 0.6 is 12.6 Å². The summed E-state index contributed by atoms with van der Waals surface area (Å²) in [4.78, 5) is 8.56. The molecule has 2 N–H and O–H groups in total. The van der Waals surface area contributed by atoms with Crippen molar-refractivity contribution in [2.75, 3.05) is 0 Å². The predicted octanol–water partition coefficient (Wildman–Crippen LogP) is 1.71. The average Bonchev–Trinajstić information content (AvgIpc) is 1.65. The van der Waals surface area contributed by atoms with Crippen LogP contribution in [0.1, 0.15) is 6.92 Å². The third-order valence-corrected chi connectivity index (χ3v) is 0.552. The van der Waals surface area contributed by atoms with E-state index in [0.29, 0.717) is 5.25 Å². The maximum Gasteiger partial charge on any atom is 0.503 e. The number of thiol groups is 1. The predicted molar refractivity (Wildman–Crippen MR) is 39.3 cm³/mol. The lowest BCUT2D eigenvalue weighted by molar-refractivity contribution is 0.137. The second kappa shape index (κ2) is 7.36. The van der Waals surface area contributed by atoms with Gasteiger partial charge in [-0.25, -0.2) is 4.79 Å². The van der Waals surface area contributed by atoms with Crippen molar-refractivity contribution in [2.24, 2.45) is 0 Å². The Kier molecular flexibility index (Phi) is 9.16. The molecular formula is C5H10O3S. The lowest BCUT2D eigenvalue weighted by atomic mass is 10.5. The molecule has 54 valence electrons. The van der Waals surface area contributed by atoms with Gasteiger partial charge in [-0.05, 0) is 0 Å². The fraction of sp³-hybridized carbons (Fsp3) is 0.400. The zero-order chi connectivity index (χ0) is 7.86. The first kappa shape index (κ1) is 11.2. The molecule has 0 amide bonds. The molecule has 0 spiro atoms. The molecule has 0 aliphatic heterocycles. The summed E-state index contributed by atoms with van der Waals surface area (Å²) in [6, 6.07) is 0. The van der Waals surface area contributed by atoms with Crippen LogP contribution in [0.15, 0.2) is 12.7 Å². The summed E-state index contributed by atoms with van der Waals surface area (Å²) >= 11 is 3.98. The lowest BCUT2D eigenvalue weighted by Gasteiger charge is -1.83. The molecule has 1 atom stereocenters. The summed E-state index contributed by atoms with van der Waals surface area (Å²) < 4.78 is 0. The molecule has 0 heterocycles. The topological polar surface area (TPSA) is 57.5 Å². The molecule has 3 nitrogen and oxygen atoms in total. The second-order valence-corrected chi connectivity index (χ2v) is 2.07. The van der Waals surface area contributed by atoms with E-state index in [-0.39, 0.29) is 0 Å². The van der Waals surface area contributed by atoms with E-state index in [2.05, 4.69) is 19.2 Å². The van der Waals surface area contributed by atoms with Gasteiger partial charge >= 0.3 is 6.16 Å². The zero-order valence-electron chi connectivity index (χ0n) is 5.11. The maximum atomic E-state index is 8.56. The minimum Gasteiger partial charge on any atom is -0.450 e. The lowest BCUT2D eigenvalue weighted by Crippen LogP contribution is -1.81. The Labute approximate surface area is 59.4 Å². The fourth-order valence-electron chi connectivity index (χ4n) is 0. The Morgan fingerprint density at radius 1 is 1.78 bits per heavy atom. The van der Waals surface area contributed by atoms with Gasteiger partial charge in [0.05, 0.1) is 0 Å². The number of hydrogen-bond donors (Lipinski definition) is 3. The van der Waals surface area contributed by atoms with E-state index in [1.165, 1.54) is 0 Å². The van der Waals surface area contributed by atoms with Crippen molar-refractivity contribution in [1.29, 1.82) is 0 Å². The minimum atomic E-state index is -1.83. The van der Waals surface area contributed by atoms with Gasteiger partial charge < -0.3 is 10.2 Å². The van der Waals surface area contributed by atoms with Crippen molar-refractivity contribution < 1.29 is 15.0 Å². The molecule has 0 fully saturated rings. The van der Waals surface area contributed by atoms with E-state index < -0.39 is 6.16 Å². The van der Waals surface area contributed by atoms with Crippen LogP contribution in [-0.4, -0.2) is 21.6 Å². The molecule has 0 rings (SSSR count). The molecule has 0 bridgehead atoms. The van der Waals surface area contributed by atoms with Gasteiger partial charge in [0.1, 0.15) is 0 Å². The Balaban J connectivity index is 0. The summed E-state index contributed by atoms with van der Waals surface area (Å²) in [5.41, 5.74) is 0. The third-order valence-electron chi connectivity index (χ3n) is 0.341. The highest BCUT2D eigenvalue weighted by atomic mass is 32.1. The molecule has 0 saturated heterocycles. The third kappa shape index (κ3) is 114. The largest absolute Gasteiger partial charge is 0.503 e. The maximum absolute atomic E-state index is 8.56. The fourth-order valence-corrected chi connectivity index (χ4v) is 0. The van der Waals surface area contributed by atoms with E-state index in [0.717, 1.165) is 0 Å². The van der Waals surface area contributed by atoms with Gasteiger partial charge in [0.2, 0.25) is 0 Å². The van der Waals surface area contributed by atoms with Crippen molar-refractivity contribution in [1.82, 2.24) is 0 Å². The Hall–Kier alpha value is -0.640. The van der Waals surface area contributed by atoms with Gasteiger partial charge in [-0.2, -0.15) is 12.6 Å². The van der Waals surface area contributed by atoms with Crippen LogP contribution in [0.4, 0.5) is 4.79 Å². The van der Waals surface area contributed by atoms with Gasteiger partial charge in [-0.3, -0.25) is 0 Å². The zero-order valence-corrected chi connectivity index (χ0v) is 6.01. The molecule has 1 unspecified atom stereocenters. The number of rotatable bonds is 1. The molecule has 4 heteroatoms. The molecule has 0 saturated carbocycles. The highest BCUT2D eigenvalue weighted by Gasteiger charge is 1.74. The summed E-state index contributed by atoms with van der Waals surface area (Å²) in [5.74, 6) is 0. The molecule has 0 aliphatic carbocycles. The molecule has 0 aromatic rings. The molecule has 0 radical (unpaired) electrons. The van der Waals surface area contributed by atoms with Crippen molar-refractivity contribution in [3.8, 4) is 0 Å². The van der Waals surface area contributed by atoms with Crippen molar-refractivity contribution in [2.45, 2.75) is 12.2 Å². The molecule has 0 aliphatic rings. The van der Waals surface area contributed by atoms with Gasteiger partial charge in [-0.15, -0.1) is 6.58 Å². The van der Waals surface area contributed by atoms with Gasteiger partial charge in [-0.1, -0.05) is 13.0 Å². The second-order valence-electron chi connectivity index (χ2n) is 1.26. The normalized spacial score (nSPS) is 10.4. The van der Waals surface area contributed by atoms with E-state index in [1.54, 1.807) is 6.08 Å². The highest BCUT2D eigenvalue weighted by molar-refractivity contribution is 7.81. The van der Waals surface area contributed by atoms with Crippen LogP contribution in [0.3, 0.4) is 0 Å². The van der Waals surface area contributed by atoms with Crippen molar-refractivity contribution in [3.05, 3.63) is 12.7 Å². The highest BCUT2D eigenvalue weighted by Crippen LogP contribution is 1.88. The van der Waals surface area contributed by atoms with Crippen LogP contribution in [0.25, 0.3) is 0 Å². The number of hydrogen-bond acceptors (Lipinski definition) is 2. The van der Waals surface area contributed by atoms with Gasteiger partial charge in [0, 0.05) is 5.25 Å². The smallest absolute Gasteiger partial charge is 0.450 e. The van der Waals surface area contributed by atoms with E-state index in [1.807, 2.05) is 6.92 Å². The van der Waals surface area contributed by atoms with Crippen LogP contribution in [0, 0.1) is 0 Å². The first-order valence-corrected chi connectivity index (χ1v) is 2.74. The number of carbonyl (C=O) groups is 1. The van der Waals surface area contributed by atoms with Crippen LogP contribution < -0.4 is 0 Å². The van der Waals surface area contributed by atoms with E-state index in [4.69, 9.17) is 15.0 Å². The van der Waals surface area contributed by atoms with E-state index >= 15 is 0 Å². The van der Waals surface area contributed by atoms with Crippen molar-refractivity contribution in [3.63, 3.8) is 0 Å². The molecule has 0 aromatic carbocycles. The average molecular weight is 150 g/mol. The number of carboxylic acid groups (broad SMARTS) is 2. The molecular weight excluding hydrogens is 140 g/mol. The van der Waals surface area contributed by atoms with Crippen LogP contribution in [0.2, 0.25) is 0 Å². The summed E-state index contributed by atoms with van der Waals surface area (Å²) in [5, 5.41) is 14.3. The minimum absolute atomic E-state index is 0.343. The quantitative estimate of drug-likeness (QED) is 0.394. The summed E-state index contributed by atoms with van der Waals surface area (Å²) in [6.07, 6.45) is -0.0525. The SMILES string of the molecule is C=CC(C)S.O=C(O)O. The van der Waals surface area contributed by atoms with Gasteiger partial charge in [0.25, 0.3) is 0 Å². The summed E-state index contributed by atoms with van der Waals surface area (Å²) in [7, 11) is 0. The van der Waals surface area contributed by atoms with Crippen molar-refractivity contribution >= 4 is 18.8 Å². The summed E-state index contributed by atoms with van der Waals surface area (Å²) in [6.45, 7) is 5.45. The standard InChI is InChI=1S/C4H8S.CH2O3/c1-3-4(2)5;2-1(3)4/h3-5H,1H2,2H3;(H2,2,3,4). The Bertz CT molecular complexity index is 86.2. The Morgan fingerprint density at radius 2 is 1.89 bits per heavy atom. The van der Waals surface area contributed by atoms with Gasteiger partial charge in [0.15, 0.2) is 0 Å².